The zero-order chi connectivity index (χ0) is 14.4. The highest BCUT2D eigenvalue weighted by molar-refractivity contribution is 9.10. The number of aliphatic hydroxyl groups is 1. The van der Waals surface area contributed by atoms with Crippen molar-refractivity contribution in [1.29, 1.82) is 0 Å². The summed E-state index contributed by atoms with van der Waals surface area (Å²) in [5, 5.41) is 13.1. The Morgan fingerprint density at radius 1 is 1.35 bits per heavy atom. The van der Waals surface area contributed by atoms with E-state index in [0.717, 1.165) is 29.6 Å². The topological polar surface area (TPSA) is 50.7 Å². The van der Waals surface area contributed by atoms with Crippen LogP contribution in [0.1, 0.15) is 19.3 Å². The molecule has 20 heavy (non-hydrogen) atoms. The maximum absolute atomic E-state index is 9.89. The lowest BCUT2D eigenvalue weighted by Crippen LogP contribution is -2.49. The molecule has 112 valence electrons. The Morgan fingerprint density at radius 2 is 2.05 bits per heavy atom. The van der Waals surface area contributed by atoms with Crippen molar-refractivity contribution in [2.45, 2.75) is 31.0 Å². The van der Waals surface area contributed by atoms with Gasteiger partial charge in [0, 0.05) is 24.7 Å². The average molecular weight is 344 g/mol. The Hall–Kier alpha value is -0.620. The molecule has 0 amide bonds. The molecule has 1 aromatic carbocycles. The van der Waals surface area contributed by atoms with Gasteiger partial charge in [-0.15, -0.1) is 0 Å². The van der Waals surface area contributed by atoms with Crippen LogP contribution in [0, 0.1) is 0 Å². The second-order valence-electron chi connectivity index (χ2n) is 5.29. The maximum atomic E-state index is 9.89. The Labute approximate surface area is 128 Å². The monoisotopic (exact) mass is 343 g/mol. The molecule has 0 aliphatic heterocycles. The second-order valence-corrected chi connectivity index (χ2v) is 6.21. The molecular weight excluding hydrogens is 322 g/mol. The molecule has 0 bridgehead atoms. The molecular formula is C15H22BrNO3. The average Bonchev–Trinajstić information content (AvgIpc) is 2.41. The zero-order valence-corrected chi connectivity index (χ0v) is 13.4. The highest BCUT2D eigenvalue weighted by Crippen LogP contribution is 2.34. The van der Waals surface area contributed by atoms with Crippen LogP contribution < -0.4 is 10.1 Å². The molecule has 0 spiro atoms. The first-order valence-electron chi connectivity index (χ1n) is 6.96. The quantitative estimate of drug-likeness (QED) is 0.760. The second kappa shape index (κ2) is 7.41. The molecule has 1 saturated carbocycles. The van der Waals surface area contributed by atoms with Crippen molar-refractivity contribution in [3.05, 3.63) is 28.7 Å². The summed E-state index contributed by atoms with van der Waals surface area (Å²) in [6.07, 6.45) is 2.90. The molecule has 0 radical (unpaired) electrons. The fourth-order valence-electron chi connectivity index (χ4n) is 2.27. The third kappa shape index (κ3) is 4.45. The van der Waals surface area contributed by atoms with Crippen LogP contribution in [0.2, 0.25) is 0 Å². The fraction of sp³-hybridized carbons (Fsp3) is 0.600. The summed E-state index contributed by atoms with van der Waals surface area (Å²) in [5.74, 6) is 0.764. The van der Waals surface area contributed by atoms with Gasteiger partial charge in [0.1, 0.15) is 18.5 Å². The van der Waals surface area contributed by atoms with Gasteiger partial charge < -0.3 is 19.9 Å². The number of hydrogen-bond donors (Lipinski definition) is 2. The van der Waals surface area contributed by atoms with Gasteiger partial charge in [0.05, 0.1) is 5.60 Å². The van der Waals surface area contributed by atoms with Gasteiger partial charge in [0.25, 0.3) is 0 Å². The number of rotatable bonds is 8. The van der Waals surface area contributed by atoms with Gasteiger partial charge in [-0.1, -0.05) is 15.9 Å². The lowest BCUT2D eigenvalue weighted by atomic mass is 9.80. The van der Waals surface area contributed by atoms with Gasteiger partial charge in [-0.25, -0.2) is 0 Å². The van der Waals surface area contributed by atoms with E-state index in [-0.39, 0.29) is 12.2 Å². The van der Waals surface area contributed by atoms with Crippen molar-refractivity contribution >= 4 is 15.9 Å². The number of hydrogen-bond acceptors (Lipinski definition) is 4. The summed E-state index contributed by atoms with van der Waals surface area (Å²) in [6.45, 7) is 1.59. The molecule has 5 heteroatoms. The third-order valence-electron chi connectivity index (χ3n) is 3.78. The van der Waals surface area contributed by atoms with E-state index in [2.05, 4.69) is 21.2 Å². The van der Waals surface area contributed by atoms with Crippen LogP contribution >= 0.6 is 15.9 Å². The SMILES string of the molecule is COC1(CNCC(O)COc2ccc(Br)cc2)CCC1. The molecule has 4 nitrogen and oxygen atoms in total. The van der Waals surface area contributed by atoms with Gasteiger partial charge in [0.15, 0.2) is 0 Å². The summed E-state index contributed by atoms with van der Waals surface area (Å²) < 4.78 is 12.1. The van der Waals surface area contributed by atoms with E-state index in [1.54, 1.807) is 7.11 Å². The van der Waals surface area contributed by atoms with Crippen LogP contribution in [-0.4, -0.2) is 43.6 Å². The number of nitrogens with one attached hydrogen (secondary N) is 1. The minimum absolute atomic E-state index is 0.00765. The molecule has 1 aliphatic rings. The summed E-state index contributed by atoms with van der Waals surface area (Å²) >= 11 is 3.37. The van der Waals surface area contributed by atoms with Crippen molar-refractivity contribution < 1.29 is 14.6 Å². The smallest absolute Gasteiger partial charge is 0.119 e. The number of benzene rings is 1. The molecule has 0 heterocycles. The molecule has 0 aromatic heterocycles. The van der Waals surface area contributed by atoms with Gasteiger partial charge in [-0.05, 0) is 43.5 Å². The van der Waals surface area contributed by atoms with Crippen molar-refractivity contribution in [2.75, 3.05) is 26.8 Å². The predicted octanol–water partition coefficient (Wildman–Crippen LogP) is 2.35. The Balaban J connectivity index is 1.63. The van der Waals surface area contributed by atoms with Crippen molar-refractivity contribution in [3.8, 4) is 5.75 Å². The summed E-state index contributed by atoms with van der Waals surface area (Å²) in [6, 6.07) is 7.58. The Bertz CT molecular complexity index is 401. The van der Waals surface area contributed by atoms with Gasteiger partial charge in [0.2, 0.25) is 0 Å². The first-order chi connectivity index (χ1) is 9.63. The standard InChI is InChI=1S/C15H22BrNO3/c1-19-15(7-2-8-15)11-17-9-13(18)10-20-14-5-3-12(16)4-6-14/h3-6,13,17-18H,2,7-11H2,1H3. The summed E-state index contributed by atoms with van der Waals surface area (Å²) in [7, 11) is 1.76. The van der Waals surface area contributed by atoms with E-state index in [1.807, 2.05) is 24.3 Å². The number of halogens is 1. The molecule has 1 fully saturated rings. The Kier molecular flexibility index (Phi) is 5.84. The van der Waals surface area contributed by atoms with Crippen molar-refractivity contribution in [3.63, 3.8) is 0 Å². The van der Waals surface area contributed by atoms with Gasteiger partial charge in [-0.2, -0.15) is 0 Å². The highest BCUT2D eigenvalue weighted by Gasteiger charge is 2.36. The zero-order valence-electron chi connectivity index (χ0n) is 11.8. The van der Waals surface area contributed by atoms with Crippen LogP contribution in [0.5, 0.6) is 5.75 Å². The largest absolute Gasteiger partial charge is 0.491 e. The molecule has 2 rings (SSSR count). The number of ether oxygens (including phenoxy) is 2. The van der Waals surface area contributed by atoms with Crippen LogP contribution in [-0.2, 0) is 4.74 Å². The van der Waals surface area contributed by atoms with Crippen LogP contribution in [0.25, 0.3) is 0 Å². The van der Waals surface area contributed by atoms with Crippen LogP contribution in [0.3, 0.4) is 0 Å². The normalized spacial score (nSPS) is 18.4. The lowest BCUT2D eigenvalue weighted by molar-refractivity contribution is -0.0706. The van der Waals surface area contributed by atoms with E-state index in [1.165, 1.54) is 6.42 Å². The fourth-order valence-corrected chi connectivity index (χ4v) is 2.54. The Morgan fingerprint density at radius 3 is 2.60 bits per heavy atom. The van der Waals surface area contributed by atoms with E-state index in [9.17, 15) is 5.11 Å². The molecule has 0 saturated heterocycles. The minimum Gasteiger partial charge on any atom is -0.491 e. The molecule has 1 unspecified atom stereocenters. The minimum atomic E-state index is -0.521. The third-order valence-corrected chi connectivity index (χ3v) is 4.31. The van der Waals surface area contributed by atoms with E-state index in [0.29, 0.717) is 6.54 Å². The number of aliphatic hydroxyl groups excluding tert-OH is 1. The van der Waals surface area contributed by atoms with Crippen molar-refractivity contribution in [2.24, 2.45) is 0 Å². The number of methoxy groups -OCH3 is 1. The lowest BCUT2D eigenvalue weighted by Gasteiger charge is -2.40. The first-order valence-corrected chi connectivity index (χ1v) is 7.75. The molecule has 2 N–H and O–H groups in total. The first kappa shape index (κ1) is 15.8. The van der Waals surface area contributed by atoms with E-state index in [4.69, 9.17) is 9.47 Å². The summed E-state index contributed by atoms with van der Waals surface area (Å²) in [5.41, 5.74) is -0.00765. The molecule has 1 aliphatic carbocycles. The predicted molar refractivity (Wildman–Crippen MR) is 82.1 cm³/mol. The molecule has 1 aromatic rings. The van der Waals surface area contributed by atoms with Crippen LogP contribution in [0.4, 0.5) is 0 Å². The summed E-state index contributed by atoms with van der Waals surface area (Å²) in [4.78, 5) is 0. The van der Waals surface area contributed by atoms with E-state index >= 15 is 0 Å². The maximum Gasteiger partial charge on any atom is 0.119 e. The van der Waals surface area contributed by atoms with E-state index < -0.39 is 6.10 Å². The molecule has 1 atom stereocenters. The highest BCUT2D eigenvalue weighted by atomic mass is 79.9. The van der Waals surface area contributed by atoms with Gasteiger partial charge in [-0.3, -0.25) is 0 Å². The van der Waals surface area contributed by atoms with Gasteiger partial charge >= 0.3 is 0 Å². The van der Waals surface area contributed by atoms with Crippen LogP contribution in [0.15, 0.2) is 28.7 Å². The van der Waals surface area contributed by atoms with Crippen molar-refractivity contribution in [1.82, 2.24) is 5.32 Å².